The van der Waals surface area contributed by atoms with Gasteiger partial charge in [0, 0.05) is 35.7 Å². The Kier molecular flexibility index (Phi) is 7.10. The largest absolute Gasteiger partial charge is 0.507 e. The van der Waals surface area contributed by atoms with Crippen LogP contribution in [0.2, 0.25) is 5.02 Å². The maximum atomic E-state index is 14.1. The first-order valence-corrected chi connectivity index (χ1v) is 12.5. The molecule has 0 unspecified atom stereocenters. The van der Waals surface area contributed by atoms with Gasteiger partial charge in [-0.15, -0.1) is 0 Å². The Morgan fingerprint density at radius 3 is 2.63 bits per heavy atom. The summed E-state index contributed by atoms with van der Waals surface area (Å²) in [6, 6.07) is 14.8. The van der Waals surface area contributed by atoms with Gasteiger partial charge in [0.15, 0.2) is 5.43 Å². The Bertz CT molecular complexity index is 1590. The number of carbonyl (C=O) groups is 1. The van der Waals surface area contributed by atoms with Crippen molar-refractivity contribution >= 4 is 28.5 Å². The van der Waals surface area contributed by atoms with Gasteiger partial charge in [0.05, 0.1) is 17.2 Å². The van der Waals surface area contributed by atoms with E-state index in [2.05, 4.69) is 4.90 Å². The minimum Gasteiger partial charge on any atom is -0.507 e. The number of ether oxygens (including phenoxy) is 1. The molecule has 0 saturated carbocycles. The molecule has 1 saturated heterocycles. The second kappa shape index (κ2) is 10.5. The zero-order valence-electron chi connectivity index (χ0n) is 20.5. The van der Waals surface area contributed by atoms with Gasteiger partial charge in [-0.05, 0) is 50.2 Å². The Balaban J connectivity index is 1.58. The lowest BCUT2D eigenvalue weighted by Gasteiger charge is -2.37. The van der Waals surface area contributed by atoms with Crippen LogP contribution in [0.3, 0.4) is 0 Å². The van der Waals surface area contributed by atoms with Crippen molar-refractivity contribution in [3.63, 3.8) is 0 Å². The summed E-state index contributed by atoms with van der Waals surface area (Å²) in [4.78, 5) is 27.8. The van der Waals surface area contributed by atoms with Gasteiger partial charge in [0.25, 0.3) is 0 Å². The first-order valence-electron chi connectivity index (χ1n) is 12.1. The van der Waals surface area contributed by atoms with Crippen LogP contribution in [0.1, 0.15) is 28.3 Å². The topological polar surface area (TPSA) is 100 Å². The quantitative estimate of drug-likeness (QED) is 0.322. The molecule has 1 aliphatic rings. The number of phenols is 2. The lowest BCUT2D eigenvalue weighted by atomic mass is 9.79. The number of hydrogen-bond donors (Lipinski definition) is 2. The maximum Gasteiger partial charge on any atom is 0.341 e. The molecule has 3 aromatic carbocycles. The highest BCUT2D eigenvalue weighted by atomic mass is 35.5. The number of rotatable bonds is 5. The Labute approximate surface area is 222 Å². The van der Waals surface area contributed by atoms with Gasteiger partial charge in [0.1, 0.15) is 34.0 Å². The van der Waals surface area contributed by atoms with E-state index in [-0.39, 0.29) is 40.6 Å². The number of aromatic hydroxyl groups is 2. The number of hydrogen-bond acceptors (Lipinski definition) is 7. The van der Waals surface area contributed by atoms with Crippen LogP contribution < -0.4 is 5.43 Å². The predicted octanol–water partition coefficient (Wildman–Crippen LogP) is 5.56. The van der Waals surface area contributed by atoms with E-state index in [4.69, 9.17) is 20.8 Å². The van der Waals surface area contributed by atoms with E-state index in [1.807, 2.05) is 7.05 Å². The van der Waals surface area contributed by atoms with Crippen LogP contribution in [-0.4, -0.2) is 47.8 Å². The number of nitrogens with zero attached hydrogens (tertiary/aromatic N) is 1. The van der Waals surface area contributed by atoms with Crippen molar-refractivity contribution in [3.05, 3.63) is 92.9 Å². The van der Waals surface area contributed by atoms with Crippen molar-refractivity contribution in [1.29, 1.82) is 0 Å². The highest BCUT2D eigenvalue weighted by Gasteiger charge is 2.35. The summed E-state index contributed by atoms with van der Waals surface area (Å²) in [5, 5.41) is 21.9. The molecule has 0 aliphatic carbocycles. The second-order valence-corrected chi connectivity index (χ2v) is 9.89. The van der Waals surface area contributed by atoms with E-state index in [9.17, 15) is 24.2 Å². The number of esters is 1. The summed E-state index contributed by atoms with van der Waals surface area (Å²) >= 11 is 6.34. The van der Waals surface area contributed by atoms with E-state index in [1.54, 1.807) is 30.3 Å². The van der Waals surface area contributed by atoms with Gasteiger partial charge < -0.3 is 24.3 Å². The van der Waals surface area contributed by atoms with Gasteiger partial charge in [-0.1, -0.05) is 35.9 Å². The molecule has 0 spiro atoms. The highest BCUT2D eigenvalue weighted by molar-refractivity contribution is 6.33. The summed E-state index contributed by atoms with van der Waals surface area (Å²) in [7, 11) is 1.92. The van der Waals surface area contributed by atoms with E-state index >= 15 is 0 Å². The molecule has 2 heterocycles. The average molecular weight is 538 g/mol. The molecular weight excluding hydrogens is 513 g/mol. The van der Waals surface area contributed by atoms with Crippen LogP contribution in [0.5, 0.6) is 11.5 Å². The molecule has 2 N–H and O–H groups in total. The van der Waals surface area contributed by atoms with Crippen molar-refractivity contribution in [3.8, 4) is 22.8 Å². The SMILES string of the molecule is CN1CC[C@H](c2c(O)cc(O)c3c(=O)cc(-c4ccccc4Cl)oc23)[C@H](COC(=O)c2ccccc2F)C1. The monoisotopic (exact) mass is 537 g/mol. The number of phenolic OH excluding ortho intramolecular Hbond substituents is 2. The van der Waals surface area contributed by atoms with Crippen LogP contribution in [0.15, 0.2) is 69.9 Å². The molecule has 9 heteroatoms. The first-order chi connectivity index (χ1) is 18.2. The Morgan fingerprint density at radius 1 is 1.13 bits per heavy atom. The number of piperidine rings is 1. The lowest BCUT2D eigenvalue weighted by molar-refractivity contribution is 0.0332. The van der Waals surface area contributed by atoms with Gasteiger partial charge in [-0.3, -0.25) is 4.79 Å². The molecule has 7 nitrogen and oxygen atoms in total. The fraction of sp³-hybridized carbons (Fsp3) is 0.241. The van der Waals surface area contributed by atoms with E-state index < -0.39 is 28.9 Å². The molecule has 5 rings (SSSR count). The molecule has 1 fully saturated rings. The molecular formula is C29H25ClFNO6. The first kappa shape index (κ1) is 25.8. The molecule has 0 bridgehead atoms. The van der Waals surface area contributed by atoms with E-state index in [0.717, 1.165) is 6.07 Å². The van der Waals surface area contributed by atoms with Crippen molar-refractivity contribution in [1.82, 2.24) is 4.90 Å². The van der Waals surface area contributed by atoms with Crippen molar-refractivity contribution < 1.29 is 28.6 Å². The van der Waals surface area contributed by atoms with Crippen LogP contribution >= 0.6 is 11.6 Å². The second-order valence-electron chi connectivity index (χ2n) is 9.48. The zero-order valence-corrected chi connectivity index (χ0v) is 21.2. The molecule has 2 atom stereocenters. The van der Waals surface area contributed by atoms with Gasteiger partial charge in [0.2, 0.25) is 0 Å². The van der Waals surface area contributed by atoms with Crippen LogP contribution in [0.4, 0.5) is 4.39 Å². The van der Waals surface area contributed by atoms with Crippen LogP contribution in [0, 0.1) is 11.7 Å². The highest BCUT2D eigenvalue weighted by Crippen LogP contribution is 2.44. The normalized spacial score (nSPS) is 18.0. The molecule has 0 amide bonds. The number of likely N-dealkylation sites (tertiary alicyclic amines) is 1. The maximum absolute atomic E-state index is 14.1. The summed E-state index contributed by atoms with van der Waals surface area (Å²) in [5.74, 6) is -2.64. The summed E-state index contributed by atoms with van der Waals surface area (Å²) < 4.78 is 25.8. The summed E-state index contributed by atoms with van der Waals surface area (Å²) in [6.07, 6.45) is 0.548. The van der Waals surface area contributed by atoms with Crippen LogP contribution in [0.25, 0.3) is 22.3 Å². The number of halogens is 2. The third kappa shape index (κ3) is 4.85. The molecule has 196 valence electrons. The van der Waals surface area contributed by atoms with Crippen molar-refractivity contribution in [2.45, 2.75) is 12.3 Å². The third-order valence-corrected chi connectivity index (χ3v) is 7.30. The molecule has 4 aromatic rings. The fourth-order valence-corrected chi connectivity index (χ4v) is 5.35. The molecule has 0 radical (unpaired) electrons. The number of benzene rings is 3. The van der Waals surface area contributed by atoms with Crippen LogP contribution in [-0.2, 0) is 4.74 Å². The number of fused-ring (bicyclic) bond motifs is 1. The average Bonchev–Trinajstić information content (AvgIpc) is 2.88. The number of carbonyl (C=O) groups excluding carboxylic acids is 1. The van der Waals surface area contributed by atoms with Crippen molar-refractivity contribution in [2.75, 3.05) is 26.7 Å². The Morgan fingerprint density at radius 2 is 1.87 bits per heavy atom. The summed E-state index contributed by atoms with van der Waals surface area (Å²) in [5.41, 5.74) is 0.214. The fourth-order valence-electron chi connectivity index (χ4n) is 5.12. The molecule has 1 aliphatic heterocycles. The minimum atomic E-state index is -0.789. The standard InChI is InChI=1S/C29H25ClFNO6/c1-32-11-10-17(16(14-32)15-37-29(36)19-7-3-5-9-21(19)31)26-22(33)12-23(34)27-24(35)13-25(38-28(26)27)18-6-2-4-8-20(18)30/h2-9,12-13,16-17,33-34H,10-11,14-15H2,1H3/t16-,17-/m0/s1. The van der Waals surface area contributed by atoms with E-state index in [1.165, 1.54) is 24.3 Å². The molecule has 1 aromatic heterocycles. The van der Waals surface area contributed by atoms with Gasteiger partial charge >= 0.3 is 5.97 Å². The lowest BCUT2D eigenvalue weighted by Crippen LogP contribution is -2.39. The Hall–Kier alpha value is -3.88. The predicted molar refractivity (Wildman–Crippen MR) is 141 cm³/mol. The summed E-state index contributed by atoms with van der Waals surface area (Å²) in [6.45, 7) is 1.11. The third-order valence-electron chi connectivity index (χ3n) is 6.97. The zero-order chi connectivity index (χ0) is 27.0. The van der Waals surface area contributed by atoms with E-state index in [0.29, 0.717) is 35.7 Å². The van der Waals surface area contributed by atoms with Gasteiger partial charge in [-0.2, -0.15) is 0 Å². The minimum absolute atomic E-state index is 0.0462. The molecule has 38 heavy (non-hydrogen) atoms. The van der Waals surface area contributed by atoms with Gasteiger partial charge in [-0.25, -0.2) is 9.18 Å². The smallest absolute Gasteiger partial charge is 0.341 e. The van der Waals surface area contributed by atoms with Crippen molar-refractivity contribution in [2.24, 2.45) is 5.92 Å².